The number of carbonyl (C=O) groups excluding carboxylic acids is 1. The zero-order chi connectivity index (χ0) is 15.4. The number of rotatable bonds is 4. The zero-order valence-corrected chi connectivity index (χ0v) is 14.3. The Balaban J connectivity index is 0.00000192. The van der Waals surface area contributed by atoms with Gasteiger partial charge in [0.25, 0.3) is 0 Å². The van der Waals surface area contributed by atoms with Crippen molar-refractivity contribution in [3.63, 3.8) is 0 Å². The first-order valence-electron chi connectivity index (χ1n) is 8.18. The molecule has 1 fully saturated rings. The lowest BCUT2D eigenvalue weighted by molar-refractivity contribution is -0.145. The van der Waals surface area contributed by atoms with E-state index >= 15 is 0 Å². The van der Waals surface area contributed by atoms with Crippen LogP contribution in [0.1, 0.15) is 37.7 Å². The fourth-order valence-corrected chi connectivity index (χ4v) is 3.33. The molecule has 1 aliphatic heterocycles. The van der Waals surface area contributed by atoms with Gasteiger partial charge in [-0.25, -0.2) is 0 Å². The van der Waals surface area contributed by atoms with Crippen molar-refractivity contribution in [2.24, 2.45) is 0 Å². The third-order valence-corrected chi connectivity index (χ3v) is 4.42. The number of benzene rings is 2. The number of piperidine rings is 1. The van der Waals surface area contributed by atoms with Crippen molar-refractivity contribution >= 4 is 29.1 Å². The highest BCUT2D eigenvalue weighted by Gasteiger charge is 2.32. The highest BCUT2D eigenvalue weighted by molar-refractivity contribution is 5.86. The van der Waals surface area contributed by atoms with Crippen molar-refractivity contribution in [1.82, 2.24) is 5.32 Å². The summed E-state index contributed by atoms with van der Waals surface area (Å²) in [6.07, 6.45) is 3.38. The van der Waals surface area contributed by atoms with Gasteiger partial charge in [0.2, 0.25) is 0 Å². The van der Waals surface area contributed by atoms with Gasteiger partial charge in [-0.1, -0.05) is 48.9 Å². The molecule has 3 nitrogen and oxygen atoms in total. The van der Waals surface area contributed by atoms with E-state index in [0.29, 0.717) is 6.61 Å². The topological polar surface area (TPSA) is 38.3 Å². The van der Waals surface area contributed by atoms with Crippen LogP contribution in [0.3, 0.4) is 0 Å². The Labute approximate surface area is 143 Å². The van der Waals surface area contributed by atoms with Gasteiger partial charge in [0.15, 0.2) is 0 Å². The molecule has 0 amide bonds. The molecule has 0 aliphatic carbocycles. The molecule has 0 bridgehead atoms. The maximum Gasteiger partial charge on any atom is 0.315 e. The fourth-order valence-electron chi connectivity index (χ4n) is 3.33. The second-order valence-electron chi connectivity index (χ2n) is 5.89. The molecule has 3 rings (SSSR count). The third-order valence-electron chi connectivity index (χ3n) is 4.42. The van der Waals surface area contributed by atoms with Crippen molar-refractivity contribution in [3.05, 3.63) is 48.0 Å². The van der Waals surface area contributed by atoms with Crippen molar-refractivity contribution in [2.45, 2.75) is 38.1 Å². The number of hydrogen-bond donors (Lipinski definition) is 1. The maximum absolute atomic E-state index is 12.5. The summed E-state index contributed by atoms with van der Waals surface area (Å²) in [5.74, 6) is -0.331. The molecule has 0 saturated carbocycles. The van der Waals surface area contributed by atoms with Gasteiger partial charge in [-0.15, -0.1) is 12.4 Å². The third kappa shape index (κ3) is 4.04. The maximum atomic E-state index is 12.5. The summed E-state index contributed by atoms with van der Waals surface area (Å²) in [5.41, 5.74) is 1.05. The minimum atomic E-state index is -0.218. The molecule has 0 spiro atoms. The first-order chi connectivity index (χ1) is 10.8. The molecule has 1 aliphatic rings. The molecule has 23 heavy (non-hydrogen) atoms. The lowest BCUT2D eigenvalue weighted by Gasteiger charge is -2.30. The summed E-state index contributed by atoms with van der Waals surface area (Å²) < 4.78 is 5.34. The number of hydrogen-bond acceptors (Lipinski definition) is 3. The van der Waals surface area contributed by atoms with E-state index in [0.717, 1.165) is 18.5 Å². The van der Waals surface area contributed by atoms with Gasteiger partial charge in [0.1, 0.15) is 0 Å². The van der Waals surface area contributed by atoms with Gasteiger partial charge < -0.3 is 10.1 Å². The van der Waals surface area contributed by atoms with Crippen LogP contribution >= 0.6 is 12.4 Å². The summed E-state index contributed by atoms with van der Waals surface area (Å²) in [7, 11) is 0. The van der Waals surface area contributed by atoms with Crippen LogP contribution in [0, 0.1) is 0 Å². The van der Waals surface area contributed by atoms with E-state index in [1.165, 1.54) is 23.6 Å². The fraction of sp³-hybridized carbons (Fsp3) is 0.421. The summed E-state index contributed by atoms with van der Waals surface area (Å²) in [4.78, 5) is 12.5. The average molecular weight is 334 g/mol. The number of carbonyl (C=O) groups is 1. The molecular weight excluding hydrogens is 310 g/mol. The van der Waals surface area contributed by atoms with Crippen LogP contribution in [0.2, 0.25) is 0 Å². The Morgan fingerprint density at radius 3 is 2.70 bits per heavy atom. The molecule has 4 heteroatoms. The molecule has 0 aromatic heterocycles. The Bertz CT molecular complexity index is 653. The molecule has 0 radical (unpaired) electrons. The summed E-state index contributed by atoms with van der Waals surface area (Å²) in [6, 6.07) is 14.7. The number of esters is 1. The minimum Gasteiger partial charge on any atom is -0.465 e. The number of ether oxygens (including phenoxy) is 1. The predicted octanol–water partition coefficient (Wildman–Crippen LogP) is 4.05. The summed E-state index contributed by atoms with van der Waals surface area (Å²) in [6.45, 7) is 3.27. The lowest BCUT2D eigenvalue weighted by atomic mass is 9.85. The van der Waals surface area contributed by atoms with Gasteiger partial charge in [-0.3, -0.25) is 4.79 Å². The molecule has 2 aromatic carbocycles. The second kappa shape index (κ2) is 8.32. The molecule has 0 unspecified atom stereocenters. The van der Waals surface area contributed by atoms with Crippen LogP contribution < -0.4 is 5.32 Å². The minimum absolute atomic E-state index is 0. The Kier molecular flexibility index (Phi) is 6.43. The molecule has 1 saturated heterocycles. The largest absolute Gasteiger partial charge is 0.465 e. The van der Waals surface area contributed by atoms with E-state index in [1.807, 2.05) is 19.1 Å². The van der Waals surface area contributed by atoms with E-state index in [2.05, 4.69) is 35.6 Å². The highest BCUT2D eigenvalue weighted by atomic mass is 35.5. The van der Waals surface area contributed by atoms with Crippen molar-refractivity contribution < 1.29 is 9.53 Å². The standard InChI is InChI=1S/C19H23NO2.ClH/c1-2-22-19(21)18(17-9-5-6-12-20-17)16-11-10-14-7-3-4-8-15(14)13-16;/h3-4,7-8,10-11,13,17-18,20H,2,5-6,9,12H2,1H3;1H/t17-,18+;/m0./s1. The van der Waals surface area contributed by atoms with Gasteiger partial charge in [-0.2, -0.15) is 0 Å². The zero-order valence-electron chi connectivity index (χ0n) is 13.5. The first-order valence-corrected chi connectivity index (χ1v) is 8.18. The molecule has 1 N–H and O–H groups in total. The molecule has 2 atom stereocenters. The first kappa shape index (κ1) is 17.8. The van der Waals surface area contributed by atoms with Crippen LogP contribution in [-0.2, 0) is 9.53 Å². The van der Waals surface area contributed by atoms with Gasteiger partial charge in [-0.05, 0) is 42.6 Å². The normalized spacial score (nSPS) is 18.9. The van der Waals surface area contributed by atoms with Crippen molar-refractivity contribution in [3.8, 4) is 0 Å². The molecule has 2 aromatic rings. The van der Waals surface area contributed by atoms with Crippen molar-refractivity contribution in [1.29, 1.82) is 0 Å². The number of nitrogens with one attached hydrogen (secondary N) is 1. The average Bonchev–Trinajstić information content (AvgIpc) is 2.56. The van der Waals surface area contributed by atoms with Gasteiger partial charge in [0.05, 0.1) is 12.5 Å². The number of fused-ring (bicyclic) bond motifs is 1. The predicted molar refractivity (Wildman–Crippen MR) is 96.2 cm³/mol. The SMILES string of the molecule is CCOC(=O)[C@H](c1ccc2ccccc2c1)[C@@H]1CCCCN1.Cl. The van der Waals surface area contributed by atoms with Crippen LogP contribution in [0.25, 0.3) is 10.8 Å². The quantitative estimate of drug-likeness (QED) is 0.858. The van der Waals surface area contributed by atoms with E-state index in [9.17, 15) is 4.79 Å². The second-order valence-corrected chi connectivity index (χ2v) is 5.89. The molecule has 1 heterocycles. The summed E-state index contributed by atoms with van der Waals surface area (Å²) in [5, 5.41) is 5.88. The van der Waals surface area contributed by atoms with Crippen molar-refractivity contribution in [2.75, 3.05) is 13.2 Å². The lowest BCUT2D eigenvalue weighted by Crippen LogP contribution is -2.42. The molecular formula is C19H24ClNO2. The van der Waals surface area contributed by atoms with E-state index in [-0.39, 0.29) is 30.3 Å². The van der Waals surface area contributed by atoms with E-state index in [4.69, 9.17) is 4.74 Å². The van der Waals surface area contributed by atoms with Crippen LogP contribution in [-0.4, -0.2) is 25.2 Å². The molecule has 124 valence electrons. The van der Waals surface area contributed by atoms with Crippen LogP contribution in [0.4, 0.5) is 0 Å². The van der Waals surface area contributed by atoms with E-state index in [1.54, 1.807) is 0 Å². The van der Waals surface area contributed by atoms with Crippen LogP contribution in [0.15, 0.2) is 42.5 Å². The Hall–Kier alpha value is -1.58. The Morgan fingerprint density at radius 1 is 1.22 bits per heavy atom. The Morgan fingerprint density at radius 2 is 2.00 bits per heavy atom. The van der Waals surface area contributed by atoms with Gasteiger partial charge in [0, 0.05) is 6.04 Å². The monoisotopic (exact) mass is 333 g/mol. The summed E-state index contributed by atoms with van der Waals surface area (Å²) >= 11 is 0. The highest BCUT2D eigenvalue weighted by Crippen LogP contribution is 2.29. The smallest absolute Gasteiger partial charge is 0.315 e. The number of halogens is 1. The van der Waals surface area contributed by atoms with Gasteiger partial charge >= 0.3 is 5.97 Å². The van der Waals surface area contributed by atoms with E-state index < -0.39 is 0 Å². The van der Waals surface area contributed by atoms with Crippen LogP contribution in [0.5, 0.6) is 0 Å².